The molecule has 0 aliphatic rings. The second kappa shape index (κ2) is 5.06. The quantitative estimate of drug-likeness (QED) is 0.896. The van der Waals surface area contributed by atoms with Gasteiger partial charge in [-0.1, -0.05) is 0 Å². The average molecular weight is 258 g/mol. The Morgan fingerprint density at radius 2 is 2.00 bits per heavy atom. The van der Waals surface area contributed by atoms with Crippen molar-refractivity contribution in [3.63, 3.8) is 0 Å². The summed E-state index contributed by atoms with van der Waals surface area (Å²) < 4.78 is 4.94. The molecule has 0 radical (unpaired) electrons. The predicted octanol–water partition coefficient (Wildman–Crippen LogP) is 2.21. The van der Waals surface area contributed by atoms with Gasteiger partial charge in [0.15, 0.2) is 0 Å². The normalized spacial score (nSPS) is 10.3. The zero-order valence-electron chi connectivity index (χ0n) is 11.0. The van der Waals surface area contributed by atoms with Crippen molar-refractivity contribution < 1.29 is 9.21 Å². The number of aryl methyl sites for hydroxylation is 3. The number of rotatable bonds is 2. The van der Waals surface area contributed by atoms with Crippen molar-refractivity contribution in [2.24, 2.45) is 0 Å². The lowest BCUT2D eigenvalue weighted by molar-refractivity contribution is 0.102. The molecule has 2 aromatic heterocycles. The first kappa shape index (κ1) is 13.0. The van der Waals surface area contributed by atoms with Gasteiger partial charge in [-0.25, -0.2) is 4.79 Å². The molecular formula is C14H14N2O3. The van der Waals surface area contributed by atoms with Gasteiger partial charge < -0.3 is 9.73 Å². The molecular weight excluding hydrogens is 244 g/mol. The van der Waals surface area contributed by atoms with Crippen LogP contribution in [0.2, 0.25) is 0 Å². The summed E-state index contributed by atoms with van der Waals surface area (Å²) in [4.78, 5) is 27.4. The van der Waals surface area contributed by atoms with Crippen molar-refractivity contribution in [2.75, 3.05) is 5.32 Å². The van der Waals surface area contributed by atoms with Crippen molar-refractivity contribution in [1.82, 2.24) is 4.98 Å². The van der Waals surface area contributed by atoms with E-state index in [-0.39, 0.29) is 5.91 Å². The third kappa shape index (κ3) is 2.88. The first-order valence-corrected chi connectivity index (χ1v) is 5.83. The summed E-state index contributed by atoms with van der Waals surface area (Å²) in [6, 6.07) is 4.77. The topological polar surface area (TPSA) is 72.2 Å². The Kier molecular flexibility index (Phi) is 3.46. The second-order valence-corrected chi connectivity index (χ2v) is 4.32. The maximum Gasteiger partial charge on any atom is 0.336 e. The SMILES string of the molecule is Cc1cc(NC(=O)c2c(C)cc(=O)oc2C)ccn1. The Balaban J connectivity index is 2.33. The van der Waals surface area contributed by atoms with Crippen LogP contribution >= 0.6 is 0 Å². The molecule has 0 unspecified atom stereocenters. The largest absolute Gasteiger partial charge is 0.427 e. The van der Waals surface area contributed by atoms with Gasteiger partial charge in [-0.3, -0.25) is 9.78 Å². The molecule has 0 aromatic carbocycles. The van der Waals surface area contributed by atoms with Crippen LogP contribution in [-0.4, -0.2) is 10.9 Å². The van der Waals surface area contributed by atoms with E-state index >= 15 is 0 Å². The van der Waals surface area contributed by atoms with Crippen LogP contribution < -0.4 is 10.9 Å². The number of amides is 1. The number of aromatic nitrogens is 1. The lowest BCUT2D eigenvalue weighted by Crippen LogP contribution is -2.17. The third-order valence-corrected chi connectivity index (χ3v) is 2.72. The number of hydrogen-bond donors (Lipinski definition) is 1. The van der Waals surface area contributed by atoms with Crippen LogP contribution in [0.4, 0.5) is 5.69 Å². The molecule has 0 saturated heterocycles. The zero-order valence-corrected chi connectivity index (χ0v) is 11.0. The molecule has 2 heterocycles. The van der Waals surface area contributed by atoms with Crippen LogP contribution in [-0.2, 0) is 0 Å². The minimum atomic E-state index is -0.452. The molecule has 5 nitrogen and oxygen atoms in total. The van der Waals surface area contributed by atoms with Gasteiger partial charge >= 0.3 is 5.63 Å². The van der Waals surface area contributed by atoms with Crippen LogP contribution in [0.3, 0.4) is 0 Å². The van der Waals surface area contributed by atoms with E-state index in [9.17, 15) is 9.59 Å². The smallest absolute Gasteiger partial charge is 0.336 e. The molecule has 2 aromatic rings. The monoisotopic (exact) mass is 258 g/mol. The molecule has 0 atom stereocenters. The zero-order chi connectivity index (χ0) is 14.0. The predicted molar refractivity (Wildman–Crippen MR) is 71.4 cm³/mol. The summed E-state index contributed by atoms with van der Waals surface area (Å²) in [5.41, 5.74) is 1.99. The first-order chi connectivity index (χ1) is 8.97. The third-order valence-electron chi connectivity index (χ3n) is 2.72. The van der Waals surface area contributed by atoms with E-state index in [0.29, 0.717) is 22.6 Å². The molecule has 1 amide bonds. The molecule has 98 valence electrons. The van der Waals surface area contributed by atoms with E-state index < -0.39 is 5.63 Å². The van der Waals surface area contributed by atoms with E-state index in [0.717, 1.165) is 5.69 Å². The summed E-state index contributed by atoms with van der Waals surface area (Å²) in [5, 5.41) is 2.76. The summed E-state index contributed by atoms with van der Waals surface area (Å²) in [6.07, 6.45) is 1.62. The number of carbonyl (C=O) groups is 1. The minimum Gasteiger partial charge on any atom is -0.427 e. The highest BCUT2D eigenvalue weighted by atomic mass is 16.4. The number of anilines is 1. The fraction of sp³-hybridized carbons (Fsp3) is 0.214. The number of hydrogen-bond acceptors (Lipinski definition) is 4. The highest BCUT2D eigenvalue weighted by Crippen LogP contribution is 2.14. The van der Waals surface area contributed by atoms with Crippen molar-refractivity contribution in [2.45, 2.75) is 20.8 Å². The summed E-state index contributed by atoms with van der Waals surface area (Å²) in [7, 11) is 0. The van der Waals surface area contributed by atoms with Crippen LogP contribution in [0.1, 0.15) is 27.4 Å². The van der Waals surface area contributed by atoms with E-state index in [1.807, 2.05) is 6.92 Å². The van der Waals surface area contributed by atoms with Gasteiger partial charge in [-0.05, 0) is 38.5 Å². The van der Waals surface area contributed by atoms with Crippen LogP contribution in [0, 0.1) is 20.8 Å². The Hall–Kier alpha value is -2.43. The van der Waals surface area contributed by atoms with Crippen LogP contribution in [0.5, 0.6) is 0 Å². The fourth-order valence-corrected chi connectivity index (χ4v) is 1.91. The molecule has 0 bridgehead atoms. The van der Waals surface area contributed by atoms with Crippen molar-refractivity contribution in [3.05, 3.63) is 57.4 Å². The van der Waals surface area contributed by atoms with Gasteiger partial charge in [0.05, 0.1) is 5.56 Å². The Labute approximate surface area is 110 Å². The number of nitrogens with zero attached hydrogens (tertiary/aromatic N) is 1. The molecule has 0 aliphatic heterocycles. The van der Waals surface area contributed by atoms with E-state index in [1.165, 1.54) is 6.07 Å². The Morgan fingerprint density at radius 3 is 2.63 bits per heavy atom. The van der Waals surface area contributed by atoms with Gasteiger partial charge in [-0.15, -0.1) is 0 Å². The fourth-order valence-electron chi connectivity index (χ4n) is 1.91. The lowest BCUT2D eigenvalue weighted by Gasteiger charge is -2.09. The molecule has 0 fully saturated rings. The summed E-state index contributed by atoms with van der Waals surface area (Å²) in [5.74, 6) is 0.0117. The van der Waals surface area contributed by atoms with E-state index in [2.05, 4.69) is 10.3 Å². The first-order valence-electron chi connectivity index (χ1n) is 5.83. The van der Waals surface area contributed by atoms with Gasteiger partial charge in [-0.2, -0.15) is 0 Å². The molecule has 0 saturated carbocycles. The van der Waals surface area contributed by atoms with Crippen molar-refractivity contribution >= 4 is 11.6 Å². The number of carbonyl (C=O) groups excluding carboxylic acids is 1. The number of nitrogens with one attached hydrogen (secondary N) is 1. The Morgan fingerprint density at radius 1 is 1.26 bits per heavy atom. The minimum absolute atomic E-state index is 0.302. The van der Waals surface area contributed by atoms with E-state index in [4.69, 9.17) is 4.42 Å². The molecule has 5 heteroatoms. The lowest BCUT2D eigenvalue weighted by atomic mass is 10.1. The van der Waals surface area contributed by atoms with Crippen LogP contribution in [0.25, 0.3) is 0 Å². The van der Waals surface area contributed by atoms with Gasteiger partial charge in [0, 0.05) is 23.6 Å². The highest BCUT2D eigenvalue weighted by Gasteiger charge is 2.15. The van der Waals surface area contributed by atoms with E-state index in [1.54, 1.807) is 32.2 Å². The van der Waals surface area contributed by atoms with Crippen LogP contribution in [0.15, 0.2) is 33.6 Å². The van der Waals surface area contributed by atoms with Gasteiger partial charge in [0.1, 0.15) is 5.76 Å². The molecule has 1 N–H and O–H groups in total. The molecule has 0 aliphatic carbocycles. The maximum atomic E-state index is 12.2. The molecule has 2 rings (SSSR count). The van der Waals surface area contributed by atoms with Gasteiger partial charge in [0.25, 0.3) is 5.91 Å². The van der Waals surface area contributed by atoms with Gasteiger partial charge in [0.2, 0.25) is 0 Å². The Bertz CT molecular complexity index is 663. The summed E-state index contributed by atoms with van der Waals surface area (Å²) >= 11 is 0. The molecule has 19 heavy (non-hydrogen) atoms. The van der Waals surface area contributed by atoms with Crippen molar-refractivity contribution in [1.29, 1.82) is 0 Å². The maximum absolute atomic E-state index is 12.2. The second-order valence-electron chi connectivity index (χ2n) is 4.32. The standard InChI is InChI=1S/C14H14N2O3/c1-8-6-12(17)19-10(3)13(8)14(18)16-11-4-5-15-9(2)7-11/h4-7H,1-3H3,(H,15,16,18). The number of pyridine rings is 1. The average Bonchev–Trinajstić information content (AvgIpc) is 2.27. The van der Waals surface area contributed by atoms with Crippen molar-refractivity contribution in [3.8, 4) is 0 Å². The summed E-state index contributed by atoms with van der Waals surface area (Å²) in [6.45, 7) is 5.14. The highest BCUT2D eigenvalue weighted by molar-refractivity contribution is 6.05. The molecule has 0 spiro atoms.